The highest BCUT2D eigenvalue weighted by molar-refractivity contribution is 5.94. The Kier molecular flexibility index (Phi) is 4.03. The third-order valence-corrected chi connectivity index (χ3v) is 4.47. The molecule has 1 fully saturated rings. The maximum atomic E-state index is 12.3. The number of likely N-dealkylation sites (tertiary alicyclic amines) is 1. The first-order valence-electron chi connectivity index (χ1n) is 7.62. The Bertz CT molecular complexity index is 492. The highest BCUT2D eigenvalue weighted by atomic mass is 16.1. The fraction of sp³-hybridized carbons (Fsp3) is 0.562. The number of amides is 1. The van der Waals surface area contributed by atoms with Crippen LogP contribution >= 0.6 is 0 Å². The van der Waals surface area contributed by atoms with Gasteiger partial charge in [0.1, 0.15) is 0 Å². The van der Waals surface area contributed by atoms with Crippen LogP contribution in [0.2, 0.25) is 0 Å². The van der Waals surface area contributed by atoms with E-state index >= 15 is 0 Å². The van der Waals surface area contributed by atoms with Crippen LogP contribution in [0.25, 0.3) is 0 Å². The molecule has 4 heteroatoms. The Morgan fingerprint density at radius 1 is 1.30 bits per heavy atom. The van der Waals surface area contributed by atoms with Crippen molar-refractivity contribution in [1.82, 2.24) is 15.5 Å². The molecule has 0 saturated carbocycles. The van der Waals surface area contributed by atoms with E-state index in [1.807, 2.05) is 12.1 Å². The summed E-state index contributed by atoms with van der Waals surface area (Å²) < 4.78 is 0. The lowest BCUT2D eigenvalue weighted by molar-refractivity contribution is 0.0912. The SMILES string of the molecule is CCN1CCC(NC(=O)c2ccc3c(c2)CNC3)CC1. The lowest BCUT2D eigenvalue weighted by Crippen LogP contribution is -2.44. The van der Waals surface area contributed by atoms with Crippen LogP contribution in [0.15, 0.2) is 18.2 Å². The molecule has 108 valence electrons. The molecule has 2 heterocycles. The van der Waals surface area contributed by atoms with Crippen molar-refractivity contribution in [3.05, 3.63) is 34.9 Å². The Balaban J connectivity index is 1.59. The van der Waals surface area contributed by atoms with Crippen LogP contribution in [0.4, 0.5) is 0 Å². The number of piperidine rings is 1. The van der Waals surface area contributed by atoms with Crippen molar-refractivity contribution in [3.63, 3.8) is 0 Å². The number of nitrogens with one attached hydrogen (secondary N) is 2. The number of carbonyl (C=O) groups excluding carboxylic acids is 1. The zero-order valence-corrected chi connectivity index (χ0v) is 12.1. The first-order chi connectivity index (χ1) is 9.76. The van der Waals surface area contributed by atoms with Gasteiger partial charge >= 0.3 is 0 Å². The Morgan fingerprint density at radius 2 is 2.05 bits per heavy atom. The molecule has 0 spiro atoms. The quantitative estimate of drug-likeness (QED) is 0.877. The zero-order chi connectivity index (χ0) is 13.9. The highest BCUT2D eigenvalue weighted by Gasteiger charge is 2.21. The van der Waals surface area contributed by atoms with Crippen molar-refractivity contribution in [2.45, 2.75) is 38.9 Å². The van der Waals surface area contributed by atoms with E-state index in [9.17, 15) is 4.79 Å². The fourth-order valence-electron chi connectivity index (χ4n) is 3.10. The molecule has 0 bridgehead atoms. The smallest absolute Gasteiger partial charge is 0.251 e. The van der Waals surface area contributed by atoms with Gasteiger partial charge in [-0.05, 0) is 42.6 Å². The molecular weight excluding hydrogens is 250 g/mol. The number of rotatable bonds is 3. The van der Waals surface area contributed by atoms with Crippen molar-refractivity contribution in [3.8, 4) is 0 Å². The van der Waals surface area contributed by atoms with Gasteiger partial charge < -0.3 is 15.5 Å². The Morgan fingerprint density at radius 3 is 2.80 bits per heavy atom. The van der Waals surface area contributed by atoms with E-state index in [0.717, 1.165) is 51.1 Å². The summed E-state index contributed by atoms with van der Waals surface area (Å²) in [5.41, 5.74) is 3.38. The van der Waals surface area contributed by atoms with E-state index < -0.39 is 0 Å². The van der Waals surface area contributed by atoms with Crippen molar-refractivity contribution in [2.75, 3.05) is 19.6 Å². The number of nitrogens with zero attached hydrogens (tertiary/aromatic N) is 1. The molecule has 0 aromatic heterocycles. The topological polar surface area (TPSA) is 44.4 Å². The molecule has 1 saturated heterocycles. The summed E-state index contributed by atoms with van der Waals surface area (Å²) in [4.78, 5) is 14.8. The summed E-state index contributed by atoms with van der Waals surface area (Å²) >= 11 is 0. The molecule has 2 N–H and O–H groups in total. The fourth-order valence-corrected chi connectivity index (χ4v) is 3.10. The van der Waals surface area contributed by atoms with E-state index in [4.69, 9.17) is 0 Å². The number of carbonyl (C=O) groups is 1. The Hall–Kier alpha value is -1.39. The molecular formula is C16H23N3O. The average molecular weight is 273 g/mol. The second-order valence-corrected chi connectivity index (χ2v) is 5.77. The third kappa shape index (κ3) is 2.86. The van der Waals surface area contributed by atoms with Crippen LogP contribution in [0.3, 0.4) is 0 Å². The van der Waals surface area contributed by atoms with E-state index in [1.54, 1.807) is 0 Å². The average Bonchev–Trinajstić information content (AvgIpc) is 2.95. The minimum absolute atomic E-state index is 0.0784. The number of fused-ring (bicyclic) bond motifs is 1. The van der Waals surface area contributed by atoms with Crippen LogP contribution in [-0.2, 0) is 13.1 Å². The van der Waals surface area contributed by atoms with Gasteiger partial charge in [0.2, 0.25) is 0 Å². The molecule has 2 aliphatic heterocycles. The van der Waals surface area contributed by atoms with Gasteiger partial charge in [-0.2, -0.15) is 0 Å². The summed E-state index contributed by atoms with van der Waals surface area (Å²) in [6.07, 6.45) is 2.12. The first kappa shape index (κ1) is 13.6. The van der Waals surface area contributed by atoms with E-state index in [-0.39, 0.29) is 5.91 Å². The molecule has 1 aromatic rings. The van der Waals surface area contributed by atoms with Crippen molar-refractivity contribution >= 4 is 5.91 Å². The highest BCUT2D eigenvalue weighted by Crippen LogP contribution is 2.17. The minimum atomic E-state index is 0.0784. The molecule has 0 atom stereocenters. The van der Waals surface area contributed by atoms with Gasteiger partial charge in [0, 0.05) is 37.8 Å². The van der Waals surface area contributed by atoms with Crippen LogP contribution in [0.5, 0.6) is 0 Å². The summed E-state index contributed by atoms with van der Waals surface area (Å²) in [6, 6.07) is 6.38. The zero-order valence-electron chi connectivity index (χ0n) is 12.1. The normalized spacial score (nSPS) is 19.9. The number of hydrogen-bond acceptors (Lipinski definition) is 3. The van der Waals surface area contributed by atoms with Gasteiger partial charge in [0.05, 0.1) is 0 Å². The van der Waals surface area contributed by atoms with E-state index in [1.165, 1.54) is 11.1 Å². The predicted octanol–water partition coefficient (Wildman–Crippen LogP) is 1.50. The van der Waals surface area contributed by atoms with Gasteiger partial charge in [-0.15, -0.1) is 0 Å². The van der Waals surface area contributed by atoms with Crippen molar-refractivity contribution in [1.29, 1.82) is 0 Å². The molecule has 20 heavy (non-hydrogen) atoms. The van der Waals surface area contributed by atoms with E-state index in [0.29, 0.717) is 6.04 Å². The summed E-state index contributed by atoms with van der Waals surface area (Å²) in [7, 11) is 0. The Labute approximate surface area is 120 Å². The van der Waals surface area contributed by atoms with Crippen LogP contribution in [0, 0.1) is 0 Å². The second-order valence-electron chi connectivity index (χ2n) is 5.77. The van der Waals surface area contributed by atoms with Gasteiger partial charge in [-0.25, -0.2) is 0 Å². The molecule has 1 amide bonds. The molecule has 2 aliphatic rings. The van der Waals surface area contributed by atoms with E-state index in [2.05, 4.69) is 28.5 Å². The van der Waals surface area contributed by atoms with Gasteiger partial charge in [-0.1, -0.05) is 13.0 Å². The number of benzene rings is 1. The summed E-state index contributed by atoms with van der Waals surface area (Å²) in [5, 5.41) is 6.49. The summed E-state index contributed by atoms with van der Waals surface area (Å²) in [6.45, 7) is 7.29. The maximum absolute atomic E-state index is 12.3. The van der Waals surface area contributed by atoms with Gasteiger partial charge in [-0.3, -0.25) is 4.79 Å². The third-order valence-electron chi connectivity index (χ3n) is 4.47. The monoisotopic (exact) mass is 273 g/mol. The largest absolute Gasteiger partial charge is 0.349 e. The minimum Gasteiger partial charge on any atom is -0.349 e. The van der Waals surface area contributed by atoms with Gasteiger partial charge in [0.15, 0.2) is 0 Å². The second kappa shape index (κ2) is 5.94. The molecule has 3 rings (SSSR count). The van der Waals surface area contributed by atoms with Crippen LogP contribution in [-0.4, -0.2) is 36.5 Å². The standard InChI is InChI=1S/C16H23N3O/c1-2-19-7-5-15(6-8-19)18-16(20)12-3-4-13-10-17-11-14(13)9-12/h3-4,9,15,17H,2,5-8,10-11H2,1H3,(H,18,20). The van der Waals surface area contributed by atoms with Crippen LogP contribution < -0.4 is 10.6 Å². The van der Waals surface area contributed by atoms with Crippen molar-refractivity contribution in [2.24, 2.45) is 0 Å². The maximum Gasteiger partial charge on any atom is 0.251 e. The molecule has 0 radical (unpaired) electrons. The first-order valence-corrected chi connectivity index (χ1v) is 7.62. The molecule has 0 aliphatic carbocycles. The predicted molar refractivity (Wildman–Crippen MR) is 79.6 cm³/mol. The molecule has 0 unspecified atom stereocenters. The van der Waals surface area contributed by atoms with Crippen molar-refractivity contribution < 1.29 is 4.79 Å². The molecule has 1 aromatic carbocycles. The van der Waals surface area contributed by atoms with Crippen LogP contribution in [0.1, 0.15) is 41.3 Å². The number of hydrogen-bond donors (Lipinski definition) is 2. The lowest BCUT2D eigenvalue weighted by Gasteiger charge is -2.31. The molecule has 4 nitrogen and oxygen atoms in total. The summed E-state index contributed by atoms with van der Waals surface area (Å²) in [5.74, 6) is 0.0784. The lowest BCUT2D eigenvalue weighted by atomic mass is 10.0. The van der Waals surface area contributed by atoms with Gasteiger partial charge in [0.25, 0.3) is 5.91 Å².